The van der Waals surface area contributed by atoms with E-state index in [1.807, 2.05) is 42.7 Å². The van der Waals surface area contributed by atoms with Crippen LogP contribution in [0.3, 0.4) is 0 Å². The van der Waals surface area contributed by atoms with E-state index < -0.39 is 0 Å². The van der Waals surface area contributed by atoms with Crippen molar-refractivity contribution in [2.45, 2.75) is 76.0 Å². The monoisotopic (exact) mass is 727 g/mol. The lowest BCUT2D eigenvalue weighted by Crippen LogP contribution is -2.67. The number of aromatic nitrogens is 2. The van der Waals surface area contributed by atoms with E-state index in [9.17, 15) is 14.7 Å². The number of nitrogens with one attached hydrogen (secondary N) is 1. The third-order valence-corrected chi connectivity index (χ3v) is 10.6. The molecular formula is C39H53N9O5. The second-order valence-corrected chi connectivity index (χ2v) is 14.2. The molecule has 284 valence electrons. The smallest absolute Gasteiger partial charge is 0.226 e. The van der Waals surface area contributed by atoms with Gasteiger partial charge in [-0.25, -0.2) is 4.68 Å². The molecule has 14 nitrogen and oxygen atoms in total. The number of benzene rings is 2. The van der Waals surface area contributed by atoms with Crippen LogP contribution in [0.1, 0.15) is 57.4 Å². The molecule has 2 aromatic carbocycles. The molecule has 2 saturated heterocycles. The summed E-state index contributed by atoms with van der Waals surface area (Å²) in [5, 5.41) is 16.8. The largest absolute Gasteiger partial charge is 0.507 e. The number of morpholine rings is 1. The number of anilines is 2. The molecule has 7 rings (SSSR count). The van der Waals surface area contributed by atoms with Crippen LogP contribution in [0.4, 0.5) is 11.4 Å². The Balaban J connectivity index is 0.000000214. The van der Waals surface area contributed by atoms with E-state index in [-0.39, 0.29) is 23.5 Å². The first kappa shape index (κ1) is 37.5. The lowest BCUT2D eigenvalue weighted by atomic mass is 9.90. The fraction of sp³-hybridized carbons (Fsp3) is 0.462. The Hall–Kier alpha value is -5.21. The summed E-state index contributed by atoms with van der Waals surface area (Å²) in [6.07, 6.45) is 13.6. The predicted molar refractivity (Wildman–Crippen MR) is 206 cm³/mol. The van der Waals surface area contributed by atoms with Crippen LogP contribution in [-0.4, -0.2) is 95.7 Å². The van der Waals surface area contributed by atoms with Gasteiger partial charge in [0.05, 0.1) is 55.6 Å². The number of ether oxygens (including phenoxy) is 2. The maximum atomic E-state index is 11.3. The Labute approximate surface area is 311 Å². The molecule has 53 heavy (non-hydrogen) atoms. The molecule has 4 heterocycles. The van der Waals surface area contributed by atoms with Crippen molar-refractivity contribution in [2.75, 3.05) is 49.3 Å². The number of piperazine rings is 1. The number of imide groups is 1. The van der Waals surface area contributed by atoms with Gasteiger partial charge in [-0.15, -0.1) is 0 Å². The van der Waals surface area contributed by atoms with Crippen molar-refractivity contribution in [1.29, 1.82) is 0 Å². The highest BCUT2D eigenvalue weighted by Crippen LogP contribution is 2.34. The average molecular weight is 728 g/mol. The third-order valence-electron chi connectivity index (χ3n) is 10.6. The second kappa shape index (κ2) is 17.5. The Morgan fingerprint density at radius 1 is 1.02 bits per heavy atom. The SMILES string of the molecule is CC(CCC(=O)NC=O)N1CCOc2ccccc21.NC(N)=C(/C=C(\N)c1ccccc1O)n1cc(N2CC3COCC(C2)N3C2CCCCC2)cn1. The summed E-state index contributed by atoms with van der Waals surface area (Å²) in [6, 6.07) is 16.5. The van der Waals surface area contributed by atoms with E-state index >= 15 is 0 Å². The van der Waals surface area contributed by atoms with Gasteiger partial charge in [-0.3, -0.25) is 19.8 Å². The van der Waals surface area contributed by atoms with Crippen molar-refractivity contribution in [3.05, 3.63) is 78.4 Å². The number of fused-ring (bicyclic) bond motifs is 3. The molecule has 3 fully saturated rings. The average Bonchev–Trinajstić information content (AvgIpc) is 3.66. The molecule has 0 spiro atoms. The van der Waals surface area contributed by atoms with Crippen LogP contribution in [-0.2, 0) is 14.3 Å². The van der Waals surface area contributed by atoms with Crippen molar-refractivity contribution in [3.8, 4) is 11.5 Å². The molecule has 0 radical (unpaired) electrons. The van der Waals surface area contributed by atoms with Crippen molar-refractivity contribution in [2.24, 2.45) is 17.2 Å². The molecule has 1 saturated carbocycles. The minimum atomic E-state index is -0.233. The zero-order valence-electron chi connectivity index (χ0n) is 30.5. The van der Waals surface area contributed by atoms with Crippen LogP contribution in [0.15, 0.2) is 72.8 Å². The van der Waals surface area contributed by atoms with Crippen molar-refractivity contribution >= 4 is 35.1 Å². The van der Waals surface area contributed by atoms with E-state index in [0.29, 0.717) is 60.9 Å². The zero-order valence-corrected chi connectivity index (χ0v) is 30.5. The van der Waals surface area contributed by atoms with E-state index in [4.69, 9.17) is 26.7 Å². The number of para-hydroxylation sites is 3. The lowest BCUT2D eigenvalue weighted by molar-refractivity contribution is -0.125. The Morgan fingerprint density at radius 2 is 1.74 bits per heavy atom. The van der Waals surface area contributed by atoms with Crippen molar-refractivity contribution in [1.82, 2.24) is 20.0 Å². The number of allylic oxidation sites excluding steroid dienone is 2. The van der Waals surface area contributed by atoms with Crippen molar-refractivity contribution < 1.29 is 24.2 Å². The number of rotatable bonds is 10. The number of phenolic OH excluding ortho intramolecular Hbond substituents is 1. The molecule has 3 aliphatic heterocycles. The number of amides is 2. The van der Waals surface area contributed by atoms with E-state index in [0.717, 1.165) is 50.0 Å². The van der Waals surface area contributed by atoms with Crippen molar-refractivity contribution in [3.63, 3.8) is 0 Å². The lowest BCUT2D eigenvalue weighted by Gasteiger charge is -2.53. The molecule has 1 aromatic heterocycles. The number of nitrogens with two attached hydrogens (primary N) is 3. The summed E-state index contributed by atoms with van der Waals surface area (Å²) >= 11 is 0. The number of carbonyl (C=O) groups is 2. The third kappa shape index (κ3) is 9.06. The van der Waals surface area contributed by atoms with Gasteiger partial charge in [0.2, 0.25) is 12.3 Å². The number of nitrogens with zero attached hydrogens (tertiary/aromatic N) is 5. The fourth-order valence-corrected chi connectivity index (χ4v) is 7.99. The van der Waals surface area contributed by atoms with Crippen LogP contribution in [0.2, 0.25) is 0 Å². The van der Waals surface area contributed by atoms with Gasteiger partial charge >= 0.3 is 0 Å². The maximum absolute atomic E-state index is 11.3. The minimum Gasteiger partial charge on any atom is -0.507 e. The van der Waals surface area contributed by atoms with E-state index in [1.165, 1.54) is 32.1 Å². The Morgan fingerprint density at radius 3 is 2.45 bits per heavy atom. The van der Waals surface area contributed by atoms with E-state index in [1.54, 1.807) is 29.0 Å². The molecule has 8 N–H and O–H groups in total. The van der Waals surface area contributed by atoms with E-state index in [2.05, 4.69) is 32.0 Å². The molecule has 2 amide bonds. The highest BCUT2D eigenvalue weighted by molar-refractivity contribution is 5.85. The summed E-state index contributed by atoms with van der Waals surface area (Å²) in [4.78, 5) is 28.8. The number of hydrogen-bond acceptors (Lipinski definition) is 12. The highest BCUT2D eigenvalue weighted by atomic mass is 16.5. The van der Waals surface area contributed by atoms with Gasteiger partial charge < -0.3 is 41.6 Å². The van der Waals surface area contributed by atoms with Crippen LogP contribution >= 0.6 is 0 Å². The summed E-state index contributed by atoms with van der Waals surface area (Å²) < 4.78 is 13.2. The predicted octanol–water partition coefficient (Wildman–Crippen LogP) is 3.18. The molecule has 14 heteroatoms. The number of aromatic hydroxyl groups is 1. The normalized spacial score (nSPS) is 21.0. The van der Waals surface area contributed by atoms with Crippen LogP contribution in [0, 0.1) is 0 Å². The van der Waals surface area contributed by atoms with Crippen LogP contribution in [0.25, 0.3) is 11.4 Å². The maximum Gasteiger partial charge on any atom is 0.226 e. The summed E-state index contributed by atoms with van der Waals surface area (Å²) in [5.41, 5.74) is 21.7. The number of hydrogen-bond donors (Lipinski definition) is 5. The summed E-state index contributed by atoms with van der Waals surface area (Å²) in [7, 11) is 0. The Kier molecular flexibility index (Phi) is 12.4. The summed E-state index contributed by atoms with van der Waals surface area (Å²) in [5.74, 6) is 0.846. The molecular weight excluding hydrogens is 674 g/mol. The first-order valence-electron chi connectivity index (χ1n) is 18.6. The zero-order chi connectivity index (χ0) is 37.3. The topological polar surface area (TPSA) is 190 Å². The number of carbonyl (C=O) groups excluding carboxylic acids is 2. The molecule has 3 aromatic rings. The Bertz CT molecular complexity index is 1750. The molecule has 1 aliphatic carbocycles. The van der Waals surface area contributed by atoms with Crippen LogP contribution in [0.5, 0.6) is 11.5 Å². The standard InChI is InChI=1S/C25H35N7O2.C14H18N2O3/c26-22(21-8-4-5-9-24(21)33)10-23(25(27)28)31-14-18(11-29-31)30-12-19-15-34-16-20(13-30)32(19)17-6-2-1-3-7-17;1-11(6-7-14(18)15-10-17)16-8-9-19-13-5-3-2-4-12(13)16/h4-5,8-11,14,17,19-20,33H,1-3,6-7,12-13,15-16,26-28H2;2-5,10-11H,6-9H2,1H3,(H,15,17,18)/b22-10-;. The molecule has 2 bridgehead atoms. The fourth-order valence-electron chi connectivity index (χ4n) is 7.99. The van der Waals surface area contributed by atoms with Gasteiger partial charge in [-0.05, 0) is 56.5 Å². The van der Waals surface area contributed by atoms with Gasteiger partial charge in [0.25, 0.3) is 0 Å². The first-order chi connectivity index (χ1) is 25.7. The number of phenols is 1. The van der Waals surface area contributed by atoms with Gasteiger partial charge in [0, 0.05) is 42.9 Å². The van der Waals surface area contributed by atoms with Gasteiger partial charge in [-0.1, -0.05) is 43.5 Å². The van der Waals surface area contributed by atoms with Gasteiger partial charge in [0.15, 0.2) is 0 Å². The minimum absolute atomic E-state index is 0.0944. The highest BCUT2D eigenvalue weighted by Gasteiger charge is 2.42. The summed E-state index contributed by atoms with van der Waals surface area (Å²) in [6.45, 7) is 6.92. The first-order valence-corrected chi connectivity index (χ1v) is 18.6. The van der Waals surface area contributed by atoms with Crippen LogP contribution < -0.4 is 37.1 Å². The quantitative estimate of drug-likeness (QED) is 0.152. The molecule has 3 atom stereocenters. The second-order valence-electron chi connectivity index (χ2n) is 14.2. The molecule has 3 unspecified atom stereocenters. The molecule has 4 aliphatic rings. The van der Waals surface area contributed by atoms with Gasteiger partial charge in [0.1, 0.15) is 29.6 Å². The van der Waals surface area contributed by atoms with Gasteiger partial charge in [-0.2, -0.15) is 5.10 Å².